The molecule has 2 atom stereocenters. The van der Waals surface area contributed by atoms with Crippen LogP contribution in [0.1, 0.15) is 41.5 Å². The average Bonchev–Trinajstić information content (AvgIpc) is 1.85. The fourth-order valence-corrected chi connectivity index (χ4v) is 1.79. The van der Waals surface area contributed by atoms with E-state index in [-0.39, 0.29) is 12.1 Å². The molecule has 0 spiro atoms. The van der Waals surface area contributed by atoms with E-state index in [4.69, 9.17) is 0 Å². The molecule has 0 aliphatic heterocycles. The summed E-state index contributed by atoms with van der Waals surface area (Å²) in [5.41, 5.74) is 0. The SMILES string of the molecule is CC(C)N(C(C)C)[C@@H](C)[C@@H](C)O. The van der Waals surface area contributed by atoms with Gasteiger partial charge in [0.2, 0.25) is 0 Å². The van der Waals surface area contributed by atoms with Crippen LogP contribution in [0.2, 0.25) is 0 Å². The van der Waals surface area contributed by atoms with Crippen LogP contribution in [0.25, 0.3) is 0 Å². The van der Waals surface area contributed by atoms with E-state index in [1.54, 1.807) is 0 Å². The third-order valence-electron chi connectivity index (χ3n) is 2.36. The Morgan fingerprint density at radius 2 is 1.17 bits per heavy atom. The lowest BCUT2D eigenvalue weighted by Crippen LogP contribution is -2.48. The number of nitrogens with zero attached hydrogens (tertiary/aromatic N) is 1. The lowest BCUT2D eigenvalue weighted by atomic mass is 10.1. The highest BCUT2D eigenvalue weighted by atomic mass is 16.3. The fraction of sp³-hybridized carbons (Fsp3) is 1.00. The molecule has 0 aromatic heterocycles. The van der Waals surface area contributed by atoms with Gasteiger partial charge in [-0.25, -0.2) is 0 Å². The Bertz CT molecular complexity index is 113. The Kier molecular flexibility index (Phi) is 4.80. The summed E-state index contributed by atoms with van der Waals surface area (Å²) in [4.78, 5) is 2.32. The van der Waals surface area contributed by atoms with E-state index in [1.807, 2.05) is 6.92 Å². The Morgan fingerprint density at radius 3 is 1.25 bits per heavy atom. The molecule has 0 aliphatic rings. The van der Waals surface area contributed by atoms with Crippen LogP contribution in [0.4, 0.5) is 0 Å². The van der Waals surface area contributed by atoms with Crippen molar-refractivity contribution in [2.24, 2.45) is 0 Å². The van der Waals surface area contributed by atoms with Gasteiger partial charge in [0.1, 0.15) is 0 Å². The van der Waals surface area contributed by atoms with Crippen LogP contribution < -0.4 is 0 Å². The molecule has 0 aromatic carbocycles. The van der Waals surface area contributed by atoms with Crippen molar-refractivity contribution < 1.29 is 5.11 Å². The number of hydrogen-bond donors (Lipinski definition) is 1. The van der Waals surface area contributed by atoms with E-state index in [1.165, 1.54) is 0 Å². The third kappa shape index (κ3) is 3.11. The second-order valence-corrected chi connectivity index (χ2v) is 4.12. The van der Waals surface area contributed by atoms with Crippen molar-refractivity contribution in [2.45, 2.75) is 65.8 Å². The van der Waals surface area contributed by atoms with Crippen LogP contribution in [-0.2, 0) is 0 Å². The lowest BCUT2D eigenvalue weighted by molar-refractivity contribution is 0.0314. The molecular weight excluding hydrogens is 150 g/mol. The van der Waals surface area contributed by atoms with Gasteiger partial charge >= 0.3 is 0 Å². The third-order valence-corrected chi connectivity index (χ3v) is 2.36. The molecular formula is C10H23NO. The second kappa shape index (κ2) is 4.83. The van der Waals surface area contributed by atoms with Gasteiger partial charge in [0.25, 0.3) is 0 Å². The van der Waals surface area contributed by atoms with Gasteiger partial charge in [0.15, 0.2) is 0 Å². The summed E-state index contributed by atoms with van der Waals surface area (Å²) in [6, 6.07) is 1.23. The molecule has 0 saturated carbocycles. The smallest absolute Gasteiger partial charge is 0.0664 e. The van der Waals surface area contributed by atoms with Gasteiger partial charge in [-0.3, -0.25) is 4.90 Å². The van der Waals surface area contributed by atoms with Crippen molar-refractivity contribution in [3.05, 3.63) is 0 Å². The van der Waals surface area contributed by atoms with E-state index in [0.29, 0.717) is 12.1 Å². The molecule has 12 heavy (non-hydrogen) atoms. The Balaban J connectivity index is 4.30. The normalized spacial score (nSPS) is 17.5. The summed E-state index contributed by atoms with van der Waals surface area (Å²) in [6.45, 7) is 12.6. The zero-order chi connectivity index (χ0) is 9.89. The predicted octanol–water partition coefficient (Wildman–Crippen LogP) is 1.87. The lowest BCUT2D eigenvalue weighted by Gasteiger charge is -2.37. The van der Waals surface area contributed by atoms with Gasteiger partial charge in [-0.1, -0.05) is 0 Å². The molecule has 0 aliphatic carbocycles. The number of aliphatic hydroxyl groups is 1. The summed E-state index contributed by atoms with van der Waals surface area (Å²) in [7, 11) is 0. The zero-order valence-electron chi connectivity index (χ0n) is 9.20. The highest BCUT2D eigenvalue weighted by Gasteiger charge is 2.22. The maximum Gasteiger partial charge on any atom is 0.0664 e. The first-order chi connectivity index (χ1) is 5.37. The van der Waals surface area contributed by atoms with Gasteiger partial charge in [0, 0.05) is 18.1 Å². The predicted molar refractivity (Wildman–Crippen MR) is 53.3 cm³/mol. The van der Waals surface area contributed by atoms with Gasteiger partial charge in [-0.15, -0.1) is 0 Å². The second-order valence-electron chi connectivity index (χ2n) is 4.12. The van der Waals surface area contributed by atoms with Crippen molar-refractivity contribution in [1.82, 2.24) is 4.90 Å². The summed E-state index contributed by atoms with van der Waals surface area (Å²) >= 11 is 0. The van der Waals surface area contributed by atoms with Gasteiger partial charge in [-0.05, 0) is 41.5 Å². The summed E-state index contributed by atoms with van der Waals surface area (Å²) in [5.74, 6) is 0. The van der Waals surface area contributed by atoms with E-state index >= 15 is 0 Å². The molecule has 0 heterocycles. The largest absolute Gasteiger partial charge is 0.392 e. The summed E-state index contributed by atoms with van der Waals surface area (Å²) < 4.78 is 0. The first-order valence-electron chi connectivity index (χ1n) is 4.83. The minimum Gasteiger partial charge on any atom is -0.392 e. The van der Waals surface area contributed by atoms with Crippen LogP contribution in [0.15, 0.2) is 0 Å². The molecule has 0 radical (unpaired) electrons. The molecule has 0 saturated heterocycles. The van der Waals surface area contributed by atoms with Gasteiger partial charge in [-0.2, -0.15) is 0 Å². The molecule has 0 aromatic rings. The highest BCUT2D eigenvalue weighted by molar-refractivity contribution is 4.77. The molecule has 2 heteroatoms. The molecule has 74 valence electrons. The van der Waals surface area contributed by atoms with Crippen LogP contribution in [0.5, 0.6) is 0 Å². The molecule has 1 N–H and O–H groups in total. The van der Waals surface area contributed by atoms with Crippen LogP contribution in [-0.4, -0.2) is 34.2 Å². The van der Waals surface area contributed by atoms with Crippen molar-refractivity contribution >= 4 is 0 Å². The Labute approximate surface area is 76.6 Å². The van der Waals surface area contributed by atoms with Crippen molar-refractivity contribution in [1.29, 1.82) is 0 Å². The highest BCUT2D eigenvalue weighted by Crippen LogP contribution is 2.12. The number of aliphatic hydroxyl groups excluding tert-OH is 1. The van der Waals surface area contributed by atoms with E-state index in [2.05, 4.69) is 39.5 Å². The number of hydrogen-bond acceptors (Lipinski definition) is 2. The van der Waals surface area contributed by atoms with Crippen molar-refractivity contribution in [3.63, 3.8) is 0 Å². The molecule has 0 unspecified atom stereocenters. The van der Waals surface area contributed by atoms with E-state index < -0.39 is 0 Å². The Hall–Kier alpha value is -0.0800. The maximum absolute atomic E-state index is 9.45. The summed E-state index contributed by atoms with van der Waals surface area (Å²) in [5, 5.41) is 9.45. The standard InChI is InChI=1S/C10H23NO/c1-7(2)11(8(3)4)9(5)10(6)12/h7-10,12H,1-6H3/t9-,10+/m0/s1. The monoisotopic (exact) mass is 173 g/mol. The first kappa shape index (κ1) is 11.9. The van der Waals surface area contributed by atoms with E-state index in [0.717, 1.165) is 0 Å². The molecule has 0 bridgehead atoms. The minimum atomic E-state index is -0.255. The first-order valence-corrected chi connectivity index (χ1v) is 4.83. The fourth-order valence-electron chi connectivity index (χ4n) is 1.79. The van der Waals surface area contributed by atoms with Crippen molar-refractivity contribution in [3.8, 4) is 0 Å². The molecule has 2 nitrogen and oxygen atoms in total. The molecule has 0 fully saturated rings. The van der Waals surface area contributed by atoms with Gasteiger partial charge in [0.05, 0.1) is 6.10 Å². The zero-order valence-corrected chi connectivity index (χ0v) is 9.20. The minimum absolute atomic E-state index is 0.241. The maximum atomic E-state index is 9.45. The topological polar surface area (TPSA) is 23.5 Å². The molecule has 0 amide bonds. The number of rotatable bonds is 4. The van der Waals surface area contributed by atoms with Crippen LogP contribution in [0.3, 0.4) is 0 Å². The molecule has 0 rings (SSSR count). The van der Waals surface area contributed by atoms with Crippen LogP contribution in [0, 0.1) is 0 Å². The van der Waals surface area contributed by atoms with Gasteiger partial charge < -0.3 is 5.11 Å². The Morgan fingerprint density at radius 1 is 0.833 bits per heavy atom. The van der Waals surface area contributed by atoms with Crippen LogP contribution >= 0.6 is 0 Å². The average molecular weight is 173 g/mol. The quantitative estimate of drug-likeness (QED) is 0.701. The van der Waals surface area contributed by atoms with Crippen molar-refractivity contribution in [2.75, 3.05) is 0 Å². The summed E-state index contributed by atoms with van der Waals surface area (Å²) in [6.07, 6.45) is -0.255. The van der Waals surface area contributed by atoms with E-state index in [9.17, 15) is 5.11 Å².